The highest BCUT2D eigenvalue weighted by atomic mass is 16.1. The molecule has 0 aliphatic rings. The second kappa shape index (κ2) is 5.05. The zero-order valence-corrected chi connectivity index (χ0v) is 10.9. The summed E-state index contributed by atoms with van der Waals surface area (Å²) in [7, 11) is 0. The van der Waals surface area contributed by atoms with Gasteiger partial charge in [-0.15, -0.1) is 0 Å². The van der Waals surface area contributed by atoms with Crippen molar-refractivity contribution >= 4 is 11.6 Å². The van der Waals surface area contributed by atoms with Gasteiger partial charge in [0.15, 0.2) is 0 Å². The van der Waals surface area contributed by atoms with Gasteiger partial charge < -0.3 is 5.32 Å². The summed E-state index contributed by atoms with van der Waals surface area (Å²) in [4.78, 5) is 12.2. The normalized spacial score (nSPS) is 10.2. The Bertz CT molecular complexity index is 570. The van der Waals surface area contributed by atoms with Crippen molar-refractivity contribution in [1.82, 2.24) is 0 Å². The molecule has 92 valence electrons. The highest BCUT2D eigenvalue weighted by Gasteiger charge is 2.09. The minimum absolute atomic E-state index is 0.0555. The van der Waals surface area contributed by atoms with E-state index < -0.39 is 0 Å². The molecule has 0 saturated heterocycles. The number of carbonyl (C=O) groups is 1. The topological polar surface area (TPSA) is 29.1 Å². The number of hydrogen-bond donors (Lipinski definition) is 1. The summed E-state index contributed by atoms with van der Waals surface area (Å²) in [6.07, 6.45) is 0. The number of hydrogen-bond acceptors (Lipinski definition) is 1. The highest BCUT2D eigenvalue weighted by molar-refractivity contribution is 6.05. The summed E-state index contributed by atoms with van der Waals surface area (Å²) >= 11 is 0. The van der Waals surface area contributed by atoms with Crippen molar-refractivity contribution in [3.8, 4) is 0 Å². The number of rotatable bonds is 2. The number of aryl methyl sites for hydroxylation is 3. The van der Waals surface area contributed by atoms with Crippen molar-refractivity contribution in [2.75, 3.05) is 5.32 Å². The molecule has 0 heterocycles. The summed E-state index contributed by atoms with van der Waals surface area (Å²) in [5, 5.41) is 2.91. The molecule has 0 bridgehead atoms. The highest BCUT2D eigenvalue weighted by Crippen LogP contribution is 2.14. The first-order chi connectivity index (χ1) is 8.56. The van der Waals surface area contributed by atoms with Gasteiger partial charge in [0.2, 0.25) is 0 Å². The van der Waals surface area contributed by atoms with Crippen LogP contribution in [0.2, 0.25) is 0 Å². The molecule has 1 N–H and O–H groups in total. The standard InChI is InChI=1S/C16H17NO/c1-11-5-8-14(9-6-11)17-16(18)15-10-12(2)4-7-13(15)3/h4-10H,1-3H3,(H,17,18). The molecule has 2 heteroatoms. The van der Waals surface area contributed by atoms with Crippen LogP contribution >= 0.6 is 0 Å². The van der Waals surface area contributed by atoms with E-state index in [0.29, 0.717) is 0 Å². The number of carbonyl (C=O) groups excluding carboxylic acids is 1. The van der Waals surface area contributed by atoms with Crippen LogP contribution in [-0.2, 0) is 0 Å². The Morgan fingerprint density at radius 2 is 1.50 bits per heavy atom. The summed E-state index contributed by atoms with van der Waals surface area (Å²) in [6, 6.07) is 13.7. The first-order valence-electron chi connectivity index (χ1n) is 6.01. The predicted molar refractivity (Wildman–Crippen MR) is 75.0 cm³/mol. The van der Waals surface area contributed by atoms with Crippen LogP contribution in [0.15, 0.2) is 42.5 Å². The molecule has 2 rings (SSSR count). The smallest absolute Gasteiger partial charge is 0.255 e. The lowest BCUT2D eigenvalue weighted by Gasteiger charge is -2.08. The summed E-state index contributed by atoms with van der Waals surface area (Å²) < 4.78 is 0. The lowest BCUT2D eigenvalue weighted by molar-refractivity contribution is 0.102. The van der Waals surface area contributed by atoms with E-state index in [1.54, 1.807) is 0 Å². The molecule has 0 spiro atoms. The first kappa shape index (κ1) is 12.4. The molecule has 2 aromatic carbocycles. The third-order valence-corrected chi connectivity index (χ3v) is 2.95. The van der Waals surface area contributed by atoms with Crippen molar-refractivity contribution in [2.45, 2.75) is 20.8 Å². The van der Waals surface area contributed by atoms with Gasteiger partial charge in [-0.1, -0.05) is 35.4 Å². The minimum atomic E-state index is -0.0555. The Kier molecular flexibility index (Phi) is 3.47. The Morgan fingerprint density at radius 1 is 0.889 bits per heavy atom. The third kappa shape index (κ3) is 2.77. The van der Waals surface area contributed by atoms with E-state index >= 15 is 0 Å². The van der Waals surface area contributed by atoms with Crippen molar-refractivity contribution < 1.29 is 4.79 Å². The molecular weight excluding hydrogens is 222 g/mol. The number of nitrogens with one attached hydrogen (secondary N) is 1. The van der Waals surface area contributed by atoms with Gasteiger partial charge in [0.1, 0.15) is 0 Å². The lowest BCUT2D eigenvalue weighted by Crippen LogP contribution is -2.13. The monoisotopic (exact) mass is 239 g/mol. The van der Waals surface area contributed by atoms with Gasteiger partial charge in [0.05, 0.1) is 0 Å². The molecule has 0 unspecified atom stereocenters. The fourth-order valence-corrected chi connectivity index (χ4v) is 1.82. The fraction of sp³-hybridized carbons (Fsp3) is 0.188. The van der Waals surface area contributed by atoms with Crippen LogP contribution in [0, 0.1) is 20.8 Å². The van der Waals surface area contributed by atoms with Gasteiger partial charge in [0, 0.05) is 11.3 Å². The van der Waals surface area contributed by atoms with Gasteiger partial charge >= 0.3 is 0 Å². The van der Waals surface area contributed by atoms with Crippen LogP contribution in [0.1, 0.15) is 27.0 Å². The number of benzene rings is 2. The molecular formula is C16H17NO. The predicted octanol–water partition coefficient (Wildman–Crippen LogP) is 3.86. The Balaban J connectivity index is 2.21. The van der Waals surface area contributed by atoms with Gasteiger partial charge in [-0.25, -0.2) is 0 Å². The molecule has 0 saturated carbocycles. The Morgan fingerprint density at radius 3 is 2.17 bits per heavy atom. The third-order valence-electron chi connectivity index (χ3n) is 2.95. The Labute approximate surface area is 108 Å². The van der Waals surface area contributed by atoms with E-state index in [0.717, 1.165) is 22.4 Å². The van der Waals surface area contributed by atoms with E-state index in [4.69, 9.17) is 0 Å². The van der Waals surface area contributed by atoms with Gasteiger partial charge in [-0.05, 0) is 44.5 Å². The van der Waals surface area contributed by atoms with E-state index in [-0.39, 0.29) is 5.91 Å². The molecule has 18 heavy (non-hydrogen) atoms. The van der Waals surface area contributed by atoms with E-state index in [9.17, 15) is 4.79 Å². The molecule has 2 aromatic rings. The zero-order chi connectivity index (χ0) is 13.1. The van der Waals surface area contributed by atoms with Crippen LogP contribution in [0.25, 0.3) is 0 Å². The largest absolute Gasteiger partial charge is 0.322 e. The van der Waals surface area contributed by atoms with Crippen molar-refractivity contribution in [1.29, 1.82) is 0 Å². The van der Waals surface area contributed by atoms with Crippen molar-refractivity contribution in [2.24, 2.45) is 0 Å². The van der Waals surface area contributed by atoms with E-state index in [1.807, 2.05) is 63.2 Å². The molecule has 0 aliphatic carbocycles. The molecule has 1 amide bonds. The second-order valence-corrected chi connectivity index (χ2v) is 4.64. The van der Waals surface area contributed by atoms with Gasteiger partial charge in [-0.3, -0.25) is 4.79 Å². The summed E-state index contributed by atoms with van der Waals surface area (Å²) in [6.45, 7) is 5.96. The molecule has 0 fully saturated rings. The van der Waals surface area contributed by atoms with Crippen LogP contribution in [0.4, 0.5) is 5.69 Å². The lowest BCUT2D eigenvalue weighted by atomic mass is 10.0. The SMILES string of the molecule is Cc1ccc(NC(=O)c2cc(C)ccc2C)cc1. The maximum absolute atomic E-state index is 12.2. The van der Waals surface area contributed by atoms with Crippen molar-refractivity contribution in [3.05, 3.63) is 64.7 Å². The van der Waals surface area contributed by atoms with Crippen molar-refractivity contribution in [3.63, 3.8) is 0 Å². The van der Waals surface area contributed by atoms with Gasteiger partial charge in [0.25, 0.3) is 5.91 Å². The first-order valence-corrected chi connectivity index (χ1v) is 6.01. The van der Waals surface area contributed by atoms with Crippen LogP contribution in [-0.4, -0.2) is 5.91 Å². The maximum Gasteiger partial charge on any atom is 0.255 e. The van der Waals surface area contributed by atoms with Crippen LogP contribution < -0.4 is 5.32 Å². The zero-order valence-electron chi connectivity index (χ0n) is 10.9. The molecule has 2 nitrogen and oxygen atoms in total. The number of anilines is 1. The average Bonchev–Trinajstić information content (AvgIpc) is 2.35. The quantitative estimate of drug-likeness (QED) is 0.847. The van der Waals surface area contributed by atoms with Crippen LogP contribution in [0.3, 0.4) is 0 Å². The summed E-state index contributed by atoms with van der Waals surface area (Å²) in [5.41, 5.74) is 4.82. The summed E-state index contributed by atoms with van der Waals surface area (Å²) in [5.74, 6) is -0.0555. The fourth-order valence-electron chi connectivity index (χ4n) is 1.82. The Hall–Kier alpha value is -2.09. The number of amides is 1. The minimum Gasteiger partial charge on any atom is -0.322 e. The average molecular weight is 239 g/mol. The molecule has 0 radical (unpaired) electrons. The maximum atomic E-state index is 12.2. The second-order valence-electron chi connectivity index (χ2n) is 4.64. The van der Waals surface area contributed by atoms with E-state index in [2.05, 4.69) is 5.32 Å². The van der Waals surface area contributed by atoms with Crippen LogP contribution in [0.5, 0.6) is 0 Å². The van der Waals surface area contributed by atoms with E-state index in [1.165, 1.54) is 5.56 Å². The molecule has 0 aromatic heterocycles. The molecule has 0 aliphatic heterocycles. The van der Waals surface area contributed by atoms with Gasteiger partial charge in [-0.2, -0.15) is 0 Å². The molecule has 0 atom stereocenters.